The molecule has 0 spiro atoms. The molecule has 2 nitrogen and oxygen atoms in total. The summed E-state index contributed by atoms with van der Waals surface area (Å²) in [6.07, 6.45) is 13.0. The van der Waals surface area contributed by atoms with Crippen LogP contribution in [0.15, 0.2) is 303 Å². The van der Waals surface area contributed by atoms with Gasteiger partial charge in [-0.05, 0) is 174 Å². The first-order chi connectivity index (χ1) is 43.9. The zero-order chi connectivity index (χ0) is 60.2. The van der Waals surface area contributed by atoms with Crippen LogP contribution in [0, 0.1) is 0 Å². The Bertz CT molecular complexity index is 4780. The third-order valence-electron chi connectivity index (χ3n) is 19.7. The van der Waals surface area contributed by atoms with Gasteiger partial charge in [0.1, 0.15) is 0 Å². The minimum Gasteiger partial charge on any atom is -0.309 e. The molecule has 0 radical (unpaired) electrons. The van der Waals surface area contributed by atoms with Crippen LogP contribution in [0.2, 0.25) is 0 Å². The van der Waals surface area contributed by atoms with Crippen molar-refractivity contribution in [3.05, 3.63) is 370 Å². The summed E-state index contributed by atoms with van der Waals surface area (Å²) in [5, 5.41) is 7.43. The maximum absolute atomic E-state index is 4.98. The van der Waals surface area contributed by atoms with Gasteiger partial charge in [-0.25, -0.2) is 0 Å². The van der Waals surface area contributed by atoms with Crippen LogP contribution in [0.5, 0.6) is 0 Å². The highest BCUT2D eigenvalue weighted by atomic mass is 15.2. The van der Waals surface area contributed by atoms with E-state index in [1.165, 1.54) is 122 Å². The van der Waals surface area contributed by atoms with Crippen LogP contribution in [0.4, 0.5) is 34.1 Å². The molecule has 89 heavy (non-hydrogen) atoms. The van der Waals surface area contributed by atoms with E-state index in [9.17, 15) is 0 Å². The van der Waals surface area contributed by atoms with Gasteiger partial charge in [-0.1, -0.05) is 289 Å². The van der Waals surface area contributed by atoms with E-state index >= 15 is 0 Å². The minimum atomic E-state index is -0.654. The van der Waals surface area contributed by atoms with Crippen molar-refractivity contribution in [2.24, 2.45) is 0 Å². The van der Waals surface area contributed by atoms with E-state index in [-0.39, 0.29) is 0 Å². The molecule has 13 aromatic rings. The molecule has 0 fully saturated rings. The fourth-order valence-electron chi connectivity index (χ4n) is 15.8. The van der Waals surface area contributed by atoms with E-state index < -0.39 is 10.8 Å². The van der Waals surface area contributed by atoms with E-state index in [1.54, 1.807) is 0 Å². The predicted molar refractivity (Wildman–Crippen MR) is 378 cm³/mol. The first-order valence-corrected chi connectivity index (χ1v) is 32.1. The normalized spacial score (nSPS) is 15.7. The number of anilines is 6. The van der Waals surface area contributed by atoms with Crippen molar-refractivity contribution in [2.45, 2.75) is 70.6 Å². The van der Waals surface area contributed by atoms with E-state index in [4.69, 9.17) is 6.58 Å². The molecule has 430 valence electrons. The Morgan fingerprint density at radius 1 is 0.360 bits per heavy atom. The zero-order valence-corrected chi connectivity index (χ0v) is 51.3. The molecule has 2 aliphatic rings. The van der Waals surface area contributed by atoms with Crippen molar-refractivity contribution in [1.82, 2.24) is 0 Å². The van der Waals surface area contributed by atoms with Crippen LogP contribution in [0.3, 0.4) is 0 Å². The molecular weight excluding hydrogens is 1070 g/mol. The first-order valence-electron chi connectivity index (χ1n) is 32.1. The van der Waals surface area contributed by atoms with Crippen molar-refractivity contribution in [1.29, 1.82) is 0 Å². The number of fused-ring (bicyclic) bond motifs is 4. The van der Waals surface area contributed by atoms with Crippen LogP contribution in [-0.4, -0.2) is 0 Å². The molecule has 0 aliphatic heterocycles. The summed E-state index contributed by atoms with van der Waals surface area (Å²) in [6, 6.07) is 101. The largest absolute Gasteiger partial charge is 0.309 e. The van der Waals surface area contributed by atoms with Gasteiger partial charge in [-0.2, -0.15) is 0 Å². The molecule has 0 amide bonds. The molecule has 0 saturated heterocycles. The second-order valence-corrected chi connectivity index (χ2v) is 24.1. The standard InChI is InChI=1S/C87H72N2/c1-6-60-55-69(86(67-34-17-11-18-35-67)59(5)31-15-10-16-32-64-33-25-28-44-77(64)86)56-61(7-2)84(60)88(71-38-21-13-22-39-71)80-53-49-65-48-52-76-81(54-50-66-47-51-75(80)82(65)83(66)76)89(72-40-23-14-24-41-72)85-62(8-3)57-70(58-63(85)9-4)87(68-36-19-12-20-37-68)78-45-29-26-42-73(78)74-43-27-30-46-79(74)87/h10-31,33-58H,5-9,32H2,1-4H3/b16-10-,31-15-. The number of allylic oxidation sites excluding steroid dienone is 5. The van der Waals surface area contributed by atoms with Gasteiger partial charge in [0.2, 0.25) is 0 Å². The zero-order valence-electron chi connectivity index (χ0n) is 51.3. The Morgan fingerprint density at radius 3 is 1.20 bits per heavy atom. The highest BCUT2D eigenvalue weighted by Crippen LogP contribution is 2.58. The van der Waals surface area contributed by atoms with Crippen molar-refractivity contribution in [3.63, 3.8) is 0 Å². The quantitative estimate of drug-likeness (QED) is 0.100. The van der Waals surface area contributed by atoms with Crippen LogP contribution in [0.25, 0.3) is 43.4 Å². The number of benzene rings is 13. The first kappa shape index (κ1) is 55.3. The molecule has 0 aromatic heterocycles. The molecule has 1 atom stereocenters. The molecular formula is C87H72N2. The van der Waals surface area contributed by atoms with Crippen LogP contribution in [0.1, 0.15) is 94.5 Å². The number of para-hydroxylation sites is 2. The lowest BCUT2D eigenvalue weighted by Crippen LogP contribution is -2.33. The summed E-state index contributed by atoms with van der Waals surface area (Å²) < 4.78 is 0. The van der Waals surface area contributed by atoms with Crippen LogP contribution < -0.4 is 9.80 Å². The monoisotopic (exact) mass is 1140 g/mol. The highest BCUT2D eigenvalue weighted by Gasteiger charge is 2.47. The number of nitrogens with zero attached hydrogens (tertiary/aromatic N) is 2. The van der Waals surface area contributed by atoms with Gasteiger partial charge < -0.3 is 9.80 Å². The second kappa shape index (κ2) is 22.8. The number of hydrogen-bond acceptors (Lipinski definition) is 2. The second-order valence-electron chi connectivity index (χ2n) is 24.1. The molecule has 0 bridgehead atoms. The molecule has 0 heterocycles. The third-order valence-corrected chi connectivity index (χ3v) is 19.7. The SMILES string of the molecule is C=C1/C=C\C=C/Cc2ccccc2C1(c1ccccc1)c1cc(CC)c(N(c2ccccc2)c2ccc3ccc4c(N(c5ccccc5)c5c(CC)cc(C6(c7ccccc7)c7ccccc7-c7ccccc76)cc5CC)ccc5ccc2c3c54)c(CC)c1. The molecule has 15 rings (SSSR count). The molecule has 1 unspecified atom stereocenters. The topological polar surface area (TPSA) is 6.48 Å². The maximum atomic E-state index is 4.98. The Morgan fingerprint density at radius 2 is 0.742 bits per heavy atom. The van der Waals surface area contributed by atoms with Gasteiger partial charge in [0.25, 0.3) is 0 Å². The van der Waals surface area contributed by atoms with Gasteiger partial charge in [0.15, 0.2) is 0 Å². The number of rotatable bonds is 14. The lowest BCUT2D eigenvalue weighted by atomic mass is 9.63. The number of aryl methyl sites for hydroxylation is 4. The van der Waals surface area contributed by atoms with Crippen molar-refractivity contribution in [3.8, 4) is 11.1 Å². The van der Waals surface area contributed by atoms with Crippen LogP contribution >= 0.6 is 0 Å². The summed E-state index contributed by atoms with van der Waals surface area (Å²) >= 11 is 0. The summed E-state index contributed by atoms with van der Waals surface area (Å²) in [6.45, 7) is 14.3. The lowest BCUT2D eigenvalue weighted by Gasteiger charge is -2.40. The molecule has 2 heteroatoms. The van der Waals surface area contributed by atoms with Gasteiger partial charge in [-0.15, -0.1) is 0 Å². The number of hydrogen-bond donors (Lipinski definition) is 0. The minimum absolute atomic E-state index is 0.510. The summed E-state index contributed by atoms with van der Waals surface area (Å²) in [5.41, 5.74) is 25.1. The Balaban J connectivity index is 0.948. The fraction of sp³-hybridized carbons (Fsp3) is 0.126. The van der Waals surface area contributed by atoms with Gasteiger partial charge in [-0.3, -0.25) is 0 Å². The van der Waals surface area contributed by atoms with Gasteiger partial charge in [0.05, 0.1) is 33.6 Å². The molecule has 0 N–H and O–H groups in total. The van der Waals surface area contributed by atoms with Gasteiger partial charge in [0, 0.05) is 22.1 Å². The maximum Gasteiger partial charge on any atom is 0.0713 e. The van der Waals surface area contributed by atoms with E-state index in [0.29, 0.717) is 0 Å². The molecule has 0 saturated carbocycles. The fourth-order valence-corrected chi connectivity index (χ4v) is 15.8. The lowest BCUT2D eigenvalue weighted by molar-refractivity contribution is 0.733. The molecule has 2 aliphatic carbocycles. The van der Waals surface area contributed by atoms with Crippen molar-refractivity contribution < 1.29 is 0 Å². The summed E-state index contributed by atoms with van der Waals surface area (Å²) in [4.78, 5) is 5.18. The Hall–Kier alpha value is -10.3. The average Bonchev–Trinajstić information content (AvgIpc) is 1.70. The smallest absolute Gasteiger partial charge is 0.0713 e. The Labute approximate surface area is 525 Å². The highest BCUT2D eigenvalue weighted by molar-refractivity contribution is 6.28. The van der Waals surface area contributed by atoms with Crippen LogP contribution in [-0.2, 0) is 42.9 Å². The van der Waals surface area contributed by atoms with Crippen molar-refractivity contribution >= 4 is 66.4 Å². The van der Waals surface area contributed by atoms with E-state index in [0.717, 1.165) is 60.4 Å². The summed E-state index contributed by atoms with van der Waals surface area (Å²) in [5.74, 6) is 0. The van der Waals surface area contributed by atoms with E-state index in [2.05, 4.69) is 329 Å². The van der Waals surface area contributed by atoms with E-state index in [1.807, 2.05) is 0 Å². The molecule has 13 aromatic carbocycles. The van der Waals surface area contributed by atoms with Gasteiger partial charge >= 0.3 is 0 Å². The van der Waals surface area contributed by atoms with Crippen molar-refractivity contribution in [2.75, 3.05) is 9.80 Å². The Kier molecular flexibility index (Phi) is 14.2. The predicted octanol–water partition coefficient (Wildman–Crippen LogP) is 22.7. The average molecular weight is 1150 g/mol. The summed E-state index contributed by atoms with van der Waals surface area (Å²) in [7, 11) is 0. The third kappa shape index (κ3) is 8.67.